The zero-order chi connectivity index (χ0) is 36.2. The van der Waals surface area contributed by atoms with Crippen LogP contribution in [0.3, 0.4) is 0 Å². The zero-order valence-electron chi connectivity index (χ0n) is 30.9. The Labute approximate surface area is 301 Å². The fraction of sp³-hybridized carbons (Fsp3) is 0.949. The Morgan fingerprint density at radius 2 is 1.55 bits per heavy atom. The molecule has 0 bridgehead atoms. The first-order valence-corrected chi connectivity index (χ1v) is 19.8. The van der Waals surface area contributed by atoms with Crippen LogP contribution in [0.5, 0.6) is 0 Å². The van der Waals surface area contributed by atoms with E-state index in [1.807, 2.05) is 0 Å². The average molecular weight is 723 g/mol. The van der Waals surface area contributed by atoms with Crippen LogP contribution in [0.4, 0.5) is 0 Å². The lowest BCUT2D eigenvalue weighted by atomic mass is 9.47. The van der Waals surface area contributed by atoms with Gasteiger partial charge in [0.2, 0.25) is 0 Å². The van der Waals surface area contributed by atoms with Crippen LogP contribution in [0.1, 0.15) is 92.4 Å². The number of aliphatic hydroxyl groups is 6. The molecule has 4 heterocycles. The molecule has 0 aromatic carbocycles. The van der Waals surface area contributed by atoms with Gasteiger partial charge in [-0.25, -0.2) is 0 Å². The third kappa shape index (κ3) is 5.93. The molecule has 4 aliphatic carbocycles. The molecule has 0 radical (unpaired) electrons. The van der Waals surface area contributed by atoms with Crippen LogP contribution in [-0.4, -0.2) is 123 Å². The molecular weight excluding hydrogens is 660 g/mol. The minimum atomic E-state index is -1.54. The summed E-state index contributed by atoms with van der Waals surface area (Å²) in [5.41, 5.74) is 1.75. The molecule has 6 N–H and O–H groups in total. The minimum Gasteiger partial charge on any atom is -0.388 e. The second-order valence-electron chi connectivity index (χ2n) is 18.3. The molecule has 8 aliphatic rings. The molecule has 4 saturated heterocycles. The number of aliphatic hydroxyl groups excluding tert-OH is 6. The largest absolute Gasteiger partial charge is 0.388 e. The minimum absolute atomic E-state index is 0.0757. The first-order chi connectivity index (χ1) is 24.2. The van der Waals surface area contributed by atoms with Crippen molar-refractivity contribution < 1.29 is 59.1 Å². The van der Waals surface area contributed by atoms with Gasteiger partial charge in [0, 0.05) is 12.3 Å². The second kappa shape index (κ2) is 13.5. The van der Waals surface area contributed by atoms with Crippen molar-refractivity contribution >= 4 is 0 Å². The highest BCUT2D eigenvalue weighted by Gasteiger charge is 2.68. The van der Waals surface area contributed by atoms with Crippen molar-refractivity contribution in [2.45, 2.75) is 172 Å². The van der Waals surface area contributed by atoms with Gasteiger partial charge in [0.15, 0.2) is 18.4 Å². The Kier molecular flexibility index (Phi) is 9.83. The van der Waals surface area contributed by atoms with Crippen molar-refractivity contribution in [2.24, 2.45) is 46.3 Å². The SMILES string of the molecule is C[C@H]1CC[C@@]2(OC1)O[C@H]1C[C@H]3[C@@H]4CC=C5C[C@@H](O[C@@H]6O[C@H](CO[C@@H]7O[C@@H](C)[C@H](O)[C@@H](O)[C@H]7O)[C@@H](O)[C@H](O)[C@H]6O)CC[C@]5(C)[C@H]4CC[C@]3(C)[C@H]1[C@@H]2C. The van der Waals surface area contributed by atoms with Crippen LogP contribution in [-0.2, 0) is 28.4 Å². The second-order valence-corrected chi connectivity index (χ2v) is 18.3. The molecule has 21 atom stereocenters. The molecular formula is C39H62O12. The summed E-state index contributed by atoms with van der Waals surface area (Å²) in [5, 5.41) is 62.8. The molecule has 8 rings (SSSR count). The van der Waals surface area contributed by atoms with E-state index in [2.05, 4.69) is 33.8 Å². The Morgan fingerprint density at radius 3 is 2.29 bits per heavy atom. The number of ether oxygens (including phenoxy) is 6. The molecule has 12 nitrogen and oxygen atoms in total. The normalized spacial score (nSPS) is 58.4. The van der Waals surface area contributed by atoms with Gasteiger partial charge in [-0.2, -0.15) is 0 Å². The highest BCUT2D eigenvalue weighted by atomic mass is 16.7. The lowest BCUT2D eigenvalue weighted by Gasteiger charge is -2.58. The van der Waals surface area contributed by atoms with Gasteiger partial charge in [-0.05, 0) is 98.7 Å². The van der Waals surface area contributed by atoms with E-state index in [4.69, 9.17) is 28.4 Å². The third-order valence-electron chi connectivity index (χ3n) is 15.6. The van der Waals surface area contributed by atoms with Crippen LogP contribution < -0.4 is 0 Å². The van der Waals surface area contributed by atoms with E-state index in [9.17, 15) is 30.6 Å². The summed E-state index contributed by atoms with van der Waals surface area (Å²) in [5.74, 6) is 2.99. The number of rotatable bonds is 5. The third-order valence-corrected chi connectivity index (χ3v) is 15.6. The summed E-state index contributed by atoms with van der Waals surface area (Å²) in [6.07, 6.45) is -1.32. The smallest absolute Gasteiger partial charge is 0.186 e. The molecule has 0 aromatic heterocycles. The number of hydrogen-bond acceptors (Lipinski definition) is 12. The van der Waals surface area contributed by atoms with E-state index in [0.29, 0.717) is 35.5 Å². The summed E-state index contributed by atoms with van der Waals surface area (Å²) in [4.78, 5) is 0. The van der Waals surface area contributed by atoms with Crippen LogP contribution in [0, 0.1) is 46.3 Å². The van der Waals surface area contributed by atoms with E-state index in [1.165, 1.54) is 24.8 Å². The molecule has 0 unspecified atom stereocenters. The van der Waals surface area contributed by atoms with Crippen LogP contribution in [0.15, 0.2) is 11.6 Å². The average Bonchev–Trinajstić information content (AvgIpc) is 3.56. The van der Waals surface area contributed by atoms with Crippen molar-refractivity contribution in [3.8, 4) is 0 Å². The van der Waals surface area contributed by atoms with Gasteiger partial charge < -0.3 is 59.1 Å². The van der Waals surface area contributed by atoms with Gasteiger partial charge in [-0.3, -0.25) is 0 Å². The molecule has 0 amide bonds. The summed E-state index contributed by atoms with van der Waals surface area (Å²) in [6.45, 7) is 11.7. The van der Waals surface area contributed by atoms with E-state index in [0.717, 1.165) is 45.1 Å². The van der Waals surface area contributed by atoms with E-state index in [1.54, 1.807) is 6.92 Å². The van der Waals surface area contributed by atoms with Crippen molar-refractivity contribution in [3.63, 3.8) is 0 Å². The first-order valence-electron chi connectivity index (χ1n) is 19.8. The van der Waals surface area contributed by atoms with E-state index in [-0.39, 0.29) is 29.6 Å². The van der Waals surface area contributed by atoms with Gasteiger partial charge >= 0.3 is 0 Å². The maximum Gasteiger partial charge on any atom is 0.186 e. The van der Waals surface area contributed by atoms with Gasteiger partial charge in [0.05, 0.1) is 31.5 Å². The molecule has 290 valence electrons. The molecule has 3 saturated carbocycles. The molecule has 4 aliphatic heterocycles. The predicted molar refractivity (Wildman–Crippen MR) is 182 cm³/mol. The topological polar surface area (TPSA) is 177 Å². The highest BCUT2D eigenvalue weighted by Crippen LogP contribution is 2.70. The monoisotopic (exact) mass is 722 g/mol. The van der Waals surface area contributed by atoms with Crippen molar-refractivity contribution in [2.75, 3.05) is 13.2 Å². The fourth-order valence-corrected chi connectivity index (χ4v) is 12.5. The first kappa shape index (κ1) is 37.2. The Balaban J connectivity index is 0.909. The molecule has 51 heavy (non-hydrogen) atoms. The van der Waals surface area contributed by atoms with Crippen LogP contribution in [0.2, 0.25) is 0 Å². The Hall–Kier alpha value is -0.740. The van der Waals surface area contributed by atoms with E-state index >= 15 is 0 Å². The number of hydrogen-bond donors (Lipinski definition) is 6. The Morgan fingerprint density at radius 1 is 0.804 bits per heavy atom. The molecule has 0 aromatic rings. The lowest BCUT2D eigenvalue weighted by Crippen LogP contribution is -2.61. The van der Waals surface area contributed by atoms with Gasteiger partial charge in [-0.1, -0.05) is 39.3 Å². The maximum atomic E-state index is 10.9. The summed E-state index contributed by atoms with van der Waals surface area (Å²) >= 11 is 0. The Bertz CT molecular complexity index is 1300. The standard InChI is InChI=1S/C39H62O12/c1-18-8-13-39(47-16-18)19(2)28-26(51-39)15-25-23-7-6-21-14-22(9-11-37(21,4)24(23)10-12-38(25,28)5)49-36-34(45)32(43)30(41)27(50-36)17-46-35-33(44)31(42)29(40)20(3)48-35/h6,18-20,22-36,40-45H,7-17H2,1-5H3/t18-,19-,20-,22-,23+,24-,25-,26-,27+,28-,29-,30+,31+,32-,33+,34+,35+,36+,37-,38-,39+/m0/s1. The maximum absolute atomic E-state index is 10.9. The van der Waals surface area contributed by atoms with Crippen molar-refractivity contribution in [3.05, 3.63) is 11.6 Å². The van der Waals surface area contributed by atoms with Crippen molar-refractivity contribution in [1.29, 1.82) is 0 Å². The predicted octanol–water partition coefficient (Wildman–Crippen LogP) is 2.39. The summed E-state index contributed by atoms with van der Waals surface area (Å²) in [6, 6.07) is 0. The van der Waals surface area contributed by atoms with Gasteiger partial charge in [0.25, 0.3) is 0 Å². The van der Waals surface area contributed by atoms with Gasteiger partial charge in [-0.15, -0.1) is 0 Å². The van der Waals surface area contributed by atoms with Crippen LogP contribution in [0.25, 0.3) is 0 Å². The quantitative estimate of drug-likeness (QED) is 0.229. The molecule has 7 fully saturated rings. The lowest BCUT2D eigenvalue weighted by molar-refractivity contribution is -0.334. The number of fused-ring (bicyclic) bond motifs is 7. The fourth-order valence-electron chi connectivity index (χ4n) is 12.5. The zero-order valence-corrected chi connectivity index (χ0v) is 30.9. The number of allylic oxidation sites excluding steroid dienone is 1. The van der Waals surface area contributed by atoms with Crippen LogP contribution >= 0.6 is 0 Å². The molecule has 1 spiro atoms. The van der Waals surface area contributed by atoms with E-state index < -0.39 is 67.2 Å². The molecule has 12 heteroatoms. The highest BCUT2D eigenvalue weighted by molar-refractivity contribution is 5.26. The summed E-state index contributed by atoms with van der Waals surface area (Å²) < 4.78 is 37.0. The van der Waals surface area contributed by atoms with Gasteiger partial charge in [0.1, 0.15) is 42.7 Å². The summed E-state index contributed by atoms with van der Waals surface area (Å²) in [7, 11) is 0. The van der Waals surface area contributed by atoms with Crippen molar-refractivity contribution in [1.82, 2.24) is 0 Å².